The first kappa shape index (κ1) is 21.9. The van der Waals surface area contributed by atoms with Gasteiger partial charge in [0.05, 0.1) is 11.6 Å². The Bertz CT molecular complexity index is 764. The average molecular weight is 415 g/mol. The zero-order valence-corrected chi connectivity index (χ0v) is 16.7. The lowest BCUT2D eigenvalue weighted by Gasteiger charge is -2.14. The minimum absolute atomic E-state index is 0.0247. The van der Waals surface area contributed by atoms with E-state index in [1.807, 2.05) is 13.1 Å². The van der Waals surface area contributed by atoms with Gasteiger partial charge in [0.1, 0.15) is 12.2 Å². The number of thiazole rings is 1. The summed E-state index contributed by atoms with van der Waals surface area (Å²) in [5.41, 5.74) is -0.884. The SMILES string of the molecule is CCNC(=NCCc1ncc(CC)s1)NCCOc1ncccc1C(F)(F)F. The van der Waals surface area contributed by atoms with Crippen molar-refractivity contribution in [3.8, 4) is 5.88 Å². The van der Waals surface area contributed by atoms with Crippen LogP contribution in [-0.2, 0) is 19.0 Å². The maximum atomic E-state index is 12.9. The maximum Gasteiger partial charge on any atom is 0.421 e. The van der Waals surface area contributed by atoms with Crippen LogP contribution in [0.15, 0.2) is 29.5 Å². The van der Waals surface area contributed by atoms with Crippen molar-refractivity contribution in [2.24, 2.45) is 4.99 Å². The Morgan fingerprint density at radius 2 is 2.07 bits per heavy atom. The van der Waals surface area contributed by atoms with Gasteiger partial charge in [-0.05, 0) is 25.5 Å². The van der Waals surface area contributed by atoms with Crippen LogP contribution >= 0.6 is 11.3 Å². The van der Waals surface area contributed by atoms with E-state index >= 15 is 0 Å². The molecule has 0 atom stereocenters. The van der Waals surface area contributed by atoms with E-state index in [1.165, 1.54) is 17.1 Å². The maximum absolute atomic E-state index is 12.9. The zero-order chi connectivity index (χ0) is 20.4. The number of hydrogen-bond donors (Lipinski definition) is 2. The van der Waals surface area contributed by atoms with Gasteiger partial charge in [0.25, 0.3) is 0 Å². The minimum atomic E-state index is -4.50. The summed E-state index contributed by atoms with van der Waals surface area (Å²) in [7, 11) is 0. The van der Waals surface area contributed by atoms with Gasteiger partial charge >= 0.3 is 6.18 Å². The first-order valence-electron chi connectivity index (χ1n) is 9.04. The highest BCUT2D eigenvalue weighted by Gasteiger charge is 2.34. The summed E-state index contributed by atoms with van der Waals surface area (Å²) < 4.78 is 44.0. The van der Waals surface area contributed by atoms with E-state index in [4.69, 9.17) is 4.74 Å². The van der Waals surface area contributed by atoms with Crippen LogP contribution in [0.3, 0.4) is 0 Å². The molecule has 28 heavy (non-hydrogen) atoms. The summed E-state index contributed by atoms with van der Waals surface area (Å²) in [4.78, 5) is 13.7. The molecule has 0 radical (unpaired) electrons. The third-order valence-corrected chi connectivity index (χ3v) is 4.80. The molecular weight excluding hydrogens is 391 g/mol. The van der Waals surface area contributed by atoms with E-state index in [-0.39, 0.29) is 13.2 Å². The number of nitrogens with one attached hydrogen (secondary N) is 2. The number of pyridine rings is 1. The van der Waals surface area contributed by atoms with Gasteiger partial charge < -0.3 is 15.4 Å². The van der Waals surface area contributed by atoms with Gasteiger partial charge in [-0.15, -0.1) is 11.3 Å². The molecule has 0 saturated heterocycles. The number of nitrogens with zero attached hydrogens (tertiary/aromatic N) is 3. The standard InChI is InChI=1S/C18H24F3N5OS/c1-3-13-12-26-15(28-13)7-9-24-17(22-4-2)25-10-11-27-16-14(18(19,20)21)6-5-8-23-16/h5-6,8,12H,3-4,7,9-11H2,1-2H3,(H2,22,24,25). The molecule has 0 saturated carbocycles. The average Bonchev–Trinajstić information content (AvgIpc) is 3.12. The number of rotatable bonds is 9. The summed E-state index contributed by atoms with van der Waals surface area (Å²) in [6.45, 7) is 5.57. The topological polar surface area (TPSA) is 71.4 Å². The molecule has 0 aliphatic heterocycles. The van der Waals surface area contributed by atoms with E-state index in [0.717, 1.165) is 23.9 Å². The van der Waals surface area contributed by atoms with Gasteiger partial charge in [0, 0.05) is 36.8 Å². The number of aromatic nitrogens is 2. The lowest BCUT2D eigenvalue weighted by Crippen LogP contribution is -2.39. The van der Waals surface area contributed by atoms with Gasteiger partial charge in [-0.2, -0.15) is 13.2 Å². The van der Waals surface area contributed by atoms with Crippen molar-refractivity contribution in [3.63, 3.8) is 0 Å². The van der Waals surface area contributed by atoms with Crippen LogP contribution in [0.4, 0.5) is 13.2 Å². The second-order valence-corrected chi connectivity index (χ2v) is 6.91. The number of ether oxygens (including phenoxy) is 1. The number of aryl methyl sites for hydroxylation is 1. The highest BCUT2D eigenvalue weighted by atomic mass is 32.1. The molecule has 2 aromatic rings. The second kappa shape index (κ2) is 10.8. The van der Waals surface area contributed by atoms with E-state index in [1.54, 1.807) is 11.3 Å². The number of aliphatic imine (C=N–C) groups is 1. The smallest absolute Gasteiger partial charge is 0.421 e. The monoisotopic (exact) mass is 415 g/mol. The Labute approximate surface area is 166 Å². The fourth-order valence-corrected chi connectivity index (χ4v) is 3.12. The van der Waals surface area contributed by atoms with Gasteiger partial charge in [0.15, 0.2) is 5.96 Å². The molecule has 0 spiro atoms. The summed E-state index contributed by atoms with van der Waals surface area (Å²) >= 11 is 1.68. The molecule has 154 valence electrons. The van der Waals surface area contributed by atoms with Gasteiger partial charge in [-0.1, -0.05) is 6.92 Å². The fourth-order valence-electron chi connectivity index (χ4n) is 2.27. The van der Waals surface area contributed by atoms with Crippen molar-refractivity contribution in [1.82, 2.24) is 20.6 Å². The lowest BCUT2D eigenvalue weighted by molar-refractivity contribution is -0.139. The van der Waals surface area contributed by atoms with Crippen molar-refractivity contribution < 1.29 is 17.9 Å². The number of halogens is 3. The van der Waals surface area contributed by atoms with Crippen molar-refractivity contribution in [1.29, 1.82) is 0 Å². The van der Waals surface area contributed by atoms with Crippen molar-refractivity contribution in [2.45, 2.75) is 32.9 Å². The largest absolute Gasteiger partial charge is 0.475 e. The number of alkyl halides is 3. The predicted octanol–water partition coefficient (Wildman–Crippen LogP) is 3.30. The van der Waals surface area contributed by atoms with Crippen molar-refractivity contribution in [2.75, 3.05) is 26.2 Å². The molecule has 0 aliphatic carbocycles. The second-order valence-electron chi connectivity index (χ2n) is 5.71. The number of hydrogen-bond acceptors (Lipinski definition) is 5. The van der Waals surface area contributed by atoms with E-state index in [2.05, 4.69) is 32.5 Å². The molecule has 2 aromatic heterocycles. The first-order valence-corrected chi connectivity index (χ1v) is 9.86. The van der Waals surface area contributed by atoms with Crippen LogP contribution in [-0.4, -0.2) is 42.2 Å². The normalized spacial score (nSPS) is 12.1. The molecule has 0 amide bonds. The molecule has 0 aliphatic rings. The Morgan fingerprint density at radius 1 is 1.25 bits per heavy atom. The van der Waals surface area contributed by atoms with Gasteiger partial charge in [0.2, 0.25) is 5.88 Å². The minimum Gasteiger partial charge on any atom is -0.475 e. The van der Waals surface area contributed by atoms with Gasteiger partial charge in [-0.3, -0.25) is 4.99 Å². The summed E-state index contributed by atoms with van der Waals surface area (Å²) in [5, 5.41) is 7.17. The van der Waals surface area contributed by atoms with E-state index in [9.17, 15) is 13.2 Å². The van der Waals surface area contributed by atoms with Crippen LogP contribution in [0.1, 0.15) is 29.3 Å². The van der Waals surface area contributed by atoms with E-state index in [0.29, 0.717) is 19.0 Å². The van der Waals surface area contributed by atoms with E-state index < -0.39 is 17.6 Å². The van der Waals surface area contributed by atoms with Gasteiger partial charge in [-0.25, -0.2) is 9.97 Å². The van der Waals surface area contributed by atoms with Crippen LogP contribution in [0, 0.1) is 0 Å². The highest BCUT2D eigenvalue weighted by Crippen LogP contribution is 2.34. The van der Waals surface area contributed by atoms with Crippen LogP contribution in [0.5, 0.6) is 5.88 Å². The third-order valence-electron chi connectivity index (χ3n) is 3.60. The lowest BCUT2D eigenvalue weighted by atomic mass is 10.2. The summed E-state index contributed by atoms with van der Waals surface area (Å²) in [6, 6.07) is 2.18. The first-order chi connectivity index (χ1) is 13.4. The number of guanidine groups is 1. The summed E-state index contributed by atoms with van der Waals surface area (Å²) in [5.74, 6) is 0.157. The molecule has 10 heteroatoms. The Balaban J connectivity index is 1.81. The Hall–Kier alpha value is -2.36. The van der Waals surface area contributed by atoms with Crippen LogP contribution in [0.2, 0.25) is 0 Å². The van der Waals surface area contributed by atoms with Crippen LogP contribution in [0.25, 0.3) is 0 Å². The molecule has 2 N–H and O–H groups in total. The molecule has 6 nitrogen and oxygen atoms in total. The van der Waals surface area contributed by atoms with Crippen molar-refractivity contribution in [3.05, 3.63) is 40.0 Å². The Kier molecular flexibility index (Phi) is 8.49. The predicted molar refractivity (Wildman–Crippen MR) is 104 cm³/mol. The third kappa shape index (κ3) is 6.99. The molecular formula is C18H24F3N5OS. The zero-order valence-electron chi connectivity index (χ0n) is 15.8. The molecule has 0 aromatic carbocycles. The molecule has 2 rings (SSSR count). The molecule has 0 fully saturated rings. The molecule has 0 bridgehead atoms. The molecule has 2 heterocycles. The van der Waals surface area contributed by atoms with Crippen molar-refractivity contribution >= 4 is 17.3 Å². The fraction of sp³-hybridized carbons (Fsp3) is 0.500. The van der Waals surface area contributed by atoms with Crippen LogP contribution < -0.4 is 15.4 Å². The molecule has 0 unspecified atom stereocenters. The Morgan fingerprint density at radius 3 is 2.75 bits per heavy atom. The quantitative estimate of drug-likeness (QED) is 0.374. The summed E-state index contributed by atoms with van der Waals surface area (Å²) in [6.07, 6.45) is 0.363. The highest BCUT2D eigenvalue weighted by molar-refractivity contribution is 7.11.